The minimum absolute atomic E-state index is 0.458. The number of aromatic amines is 1. The van der Waals surface area contributed by atoms with Gasteiger partial charge in [0.05, 0.1) is 12.8 Å². The van der Waals surface area contributed by atoms with Crippen LogP contribution in [0.15, 0.2) is 59.7 Å². The zero-order valence-electron chi connectivity index (χ0n) is 14.9. The smallest absolute Gasteiger partial charge is 0.216 e. The summed E-state index contributed by atoms with van der Waals surface area (Å²) in [6, 6.07) is 18.0. The van der Waals surface area contributed by atoms with Crippen molar-refractivity contribution in [3.8, 4) is 5.75 Å². The van der Waals surface area contributed by atoms with Gasteiger partial charge in [-0.3, -0.25) is 5.10 Å². The molecular weight excluding hydrogens is 344 g/mol. The number of hydrogen-bond donors (Lipinski definition) is 1. The van der Waals surface area contributed by atoms with Crippen molar-refractivity contribution in [1.29, 1.82) is 0 Å². The summed E-state index contributed by atoms with van der Waals surface area (Å²) in [7, 11) is 0. The molecular formula is C20H22N4OS. The van der Waals surface area contributed by atoms with E-state index in [2.05, 4.69) is 41.3 Å². The fourth-order valence-electron chi connectivity index (χ4n) is 2.43. The van der Waals surface area contributed by atoms with Crippen LogP contribution in [0, 0.1) is 10.7 Å². The molecule has 3 aromatic rings. The summed E-state index contributed by atoms with van der Waals surface area (Å²) in [5.41, 5.74) is 2.06. The van der Waals surface area contributed by atoms with Gasteiger partial charge < -0.3 is 4.74 Å². The molecule has 134 valence electrons. The van der Waals surface area contributed by atoms with Crippen molar-refractivity contribution < 1.29 is 4.74 Å². The molecule has 0 saturated heterocycles. The van der Waals surface area contributed by atoms with Crippen LogP contribution in [0.3, 0.4) is 0 Å². The Morgan fingerprint density at radius 1 is 1.15 bits per heavy atom. The molecule has 6 heteroatoms. The van der Waals surface area contributed by atoms with Gasteiger partial charge in [-0.2, -0.15) is 14.9 Å². The van der Waals surface area contributed by atoms with Crippen LogP contribution in [0.2, 0.25) is 0 Å². The van der Waals surface area contributed by atoms with Gasteiger partial charge >= 0.3 is 0 Å². The largest absolute Gasteiger partial charge is 0.493 e. The van der Waals surface area contributed by atoms with Crippen LogP contribution >= 0.6 is 12.2 Å². The van der Waals surface area contributed by atoms with E-state index in [0.29, 0.717) is 23.7 Å². The summed E-state index contributed by atoms with van der Waals surface area (Å²) in [5, 5.41) is 11.7. The Morgan fingerprint density at radius 2 is 1.88 bits per heavy atom. The highest BCUT2D eigenvalue weighted by atomic mass is 32.1. The molecule has 0 aliphatic heterocycles. The molecule has 0 amide bonds. The highest BCUT2D eigenvalue weighted by molar-refractivity contribution is 7.71. The van der Waals surface area contributed by atoms with Gasteiger partial charge in [-0.05, 0) is 35.8 Å². The van der Waals surface area contributed by atoms with Crippen LogP contribution in [0.1, 0.15) is 30.8 Å². The third-order valence-electron chi connectivity index (χ3n) is 3.73. The number of rotatable bonds is 7. The molecule has 5 nitrogen and oxygen atoms in total. The second-order valence-electron chi connectivity index (χ2n) is 6.41. The van der Waals surface area contributed by atoms with E-state index in [9.17, 15) is 0 Å². The second-order valence-corrected chi connectivity index (χ2v) is 6.79. The standard InChI is InChI=1S/C20H22N4OS/c1-15(2)14-25-18-11-7-6-10-17(18)13-21-24-19(22-23-20(24)26)12-16-8-4-3-5-9-16/h3-11,13,15H,12,14H2,1-2H3,(H,23,26)/b21-13-. The first-order valence-corrected chi connectivity index (χ1v) is 9.00. The Kier molecular flexibility index (Phi) is 5.96. The van der Waals surface area contributed by atoms with Gasteiger partial charge in [-0.1, -0.05) is 56.3 Å². The van der Waals surface area contributed by atoms with Gasteiger partial charge in [0.1, 0.15) is 5.75 Å². The number of ether oxygens (including phenoxy) is 1. The molecule has 1 heterocycles. The van der Waals surface area contributed by atoms with Crippen LogP contribution < -0.4 is 4.74 Å². The lowest BCUT2D eigenvalue weighted by atomic mass is 10.1. The normalized spacial score (nSPS) is 11.3. The van der Waals surface area contributed by atoms with Crippen LogP contribution in [0.4, 0.5) is 0 Å². The Balaban J connectivity index is 1.83. The minimum Gasteiger partial charge on any atom is -0.493 e. The molecule has 1 aromatic heterocycles. The summed E-state index contributed by atoms with van der Waals surface area (Å²) >= 11 is 5.32. The molecule has 0 bridgehead atoms. The highest BCUT2D eigenvalue weighted by Gasteiger charge is 2.07. The van der Waals surface area contributed by atoms with Crippen LogP contribution in [-0.2, 0) is 6.42 Å². The molecule has 0 aliphatic rings. The number of H-pyrrole nitrogens is 1. The number of nitrogens with one attached hydrogen (secondary N) is 1. The monoisotopic (exact) mass is 366 g/mol. The molecule has 1 N–H and O–H groups in total. The molecule has 0 fully saturated rings. The molecule has 0 aliphatic carbocycles. The third-order valence-corrected chi connectivity index (χ3v) is 3.99. The Morgan fingerprint density at radius 3 is 2.65 bits per heavy atom. The van der Waals surface area contributed by atoms with Crippen molar-refractivity contribution in [3.63, 3.8) is 0 Å². The molecule has 2 aromatic carbocycles. The maximum Gasteiger partial charge on any atom is 0.216 e. The predicted molar refractivity (Wildman–Crippen MR) is 106 cm³/mol. The topological polar surface area (TPSA) is 55.2 Å². The lowest BCUT2D eigenvalue weighted by Crippen LogP contribution is -2.06. The lowest BCUT2D eigenvalue weighted by Gasteiger charge is -2.10. The average Bonchev–Trinajstić information content (AvgIpc) is 2.99. The highest BCUT2D eigenvalue weighted by Crippen LogP contribution is 2.17. The van der Waals surface area contributed by atoms with E-state index >= 15 is 0 Å². The third kappa shape index (κ3) is 4.67. The van der Waals surface area contributed by atoms with E-state index in [-0.39, 0.29) is 0 Å². The Hall–Kier alpha value is -2.73. The molecule has 0 radical (unpaired) electrons. The van der Waals surface area contributed by atoms with Crippen molar-refractivity contribution in [2.75, 3.05) is 6.61 Å². The number of aromatic nitrogens is 3. The molecule has 0 saturated carbocycles. The quantitative estimate of drug-likeness (QED) is 0.496. The van der Waals surface area contributed by atoms with E-state index in [1.54, 1.807) is 10.9 Å². The van der Waals surface area contributed by atoms with Gasteiger partial charge in [0, 0.05) is 12.0 Å². The summed E-state index contributed by atoms with van der Waals surface area (Å²) in [6.07, 6.45) is 2.41. The van der Waals surface area contributed by atoms with Crippen molar-refractivity contribution in [1.82, 2.24) is 14.9 Å². The summed E-state index contributed by atoms with van der Waals surface area (Å²) < 4.78 is 7.99. The molecule has 0 unspecified atom stereocenters. The van der Waals surface area contributed by atoms with Gasteiger partial charge in [0.2, 0.25) is 4.77 Å². The van der Waals surface area contributed by atoms with E-state index in [1.165, 1.54) is 0 Å². The summed E-state index contributed by atoms with van der Waals surface area (Å²) in [4.78, 5) is 0. The van der Waals surface area contributed by atoms with E-state index in [1.807, 2.05) is 42.5 Å². The SMILES string of the molecule is CC(C)COc1ccccc1/C=N\n1c(Cc2ccccc2)n[nH]c1=S. The number of para-hydroxylation sites is 1. The maximum atomic E-state index is 5.87. The zero-order valence-corrected chi connectivity index (χ0v) is 15.7. The van der Waals surface area contributed by atoms with Gasteiger partial charge in [0.25, 0.3) is 0 Å². The van der Waals surface area contributed by atoms with Gasteiger partial charge in [-0.25, -0.2) is 0 Å². The van der Waals surface area contributed by atoms with Crippen molar-refractivity contribution in [2.24, 2.45) is 11.0 Å². The number of hydrogen-bond acceptors (Lipinski definition) is 4. The van der Waals surface area contributed by atoms with E-state index < -0.39 is 0 Å². The fraction of sp³-hybridized carbons (Fsp3) is 0.250. The van der Waals surface area contributed by atoms with E-state index in [0.717, 1.165) is 22.7 Å². The lowest BCUT2D eigenvalue weighted by molar-refractivity contribution is 0.270. The molecule has 26 heavy (non-hydrogen) atoms. The van der Waals surface area contributed by atoms with Crippen LogP contribution in [0.5, 0.6) is 5.75 Å². The minimum atomic E-state index is 0.458. The first-order valence-electron chi connectivity index (χ1n) is 8.60. The molecule has 3 rings (SSSR count). The molecule has 0 spiro atoms. The molecule has 0 atom stereocenters. The number of benzene rings is 2. The van der Waals surface area contributed by atoms with Crippen molar-refractivity contribution in [2.45, 2.75) is 20.3 Å². The first-order chi connectivity index (χ1) is 12.6. The Bertz CT molecular complexity index is 928. The summed E-state index contributed by atoms with van der Waals surface area (Å²) in [6.45, 7) is 4.91. The van der Waals surface area contributed by atoms with Gasteiger partial charge in [0.15, 0.2) is 5.82 Å². The summed E-state index contributed by atoms with van der Waals surface area (Å²) in [5.74, 6) is 2.03. The maximum absolute atomic E-state index is 5.87. The van der Waals surface area contributed by atoms with Gasteiger partial charge in [-0.15, -0.1) is 0 Å². The van der Waals surface area contributed by atoms with Crippen LogP contribution in [-0.4, -0.2) is 27.7 Å². The fourth-order valence-corrected chi connectivity index (χ4v) is 2.63. The van der Waals surface area contributed by atoms with Crippen molar-refractivity contribution >= 4 is 18.4 Å². The first kappa shape index (κ1) is 18.1. The second kappa shape index (κ2) is 8.58. The van der Waals surface area contributed by atoms with Crippen LogP contribution in [0.25, 0.3) is 0 Å². The zero-order chi connectivity index (χ0) is 18.4. The average molecular weight is 366 g/mol. The van der Waals surface area contributed by atoms with Crippen molar-refractivity contribution in [3.05, 3.63) is 76.3 Å². The van der Waals surface area contributed by atoms with E-state index in [4.69, 9.17) is 17.0 Å². The Labute approximate surface area is 158 Å². The predicted octanol–water partition coefficient (Wildman–Crippen LogP) is 4.45. The number of nitrogens with zero attached hydrogens (tertiary/aromatic N) is 3.